The van der Waals surface area contributed by atoms with Crippen LogP contribution in [0, 0.1) is 0 Å². The van der Waals surface area contributed by atoms with E-state index >= 15 is 0 Å². The molecule has 116 valence electrons. The highest BCUT2D eigenvalue weighted by Gasteiger charge is 2.15. The van der Waals surface area contributed by atoms with Crippen molar-refractivity contribution in [1.29, 1.82) is 0 Å². The summed E-state index contributed by atoms with van der Waals surface area (Å²) in [4.78, 5) is 21.3. The number of rotatable bonds is 5. The Balaban J connectivity index is 1.80. The van der Waals surface area contributed by atoms with Crippen LogP contribution in [0.5, 0.6) is 0 Å². The van der Waals surface area contributed by atoms with Gasteiger partial charge in [0.2, 0.25) is 0 Å². The summed E-state index contributed by atoms with van der Waals surface area (Å²) < 4.78 is 0. The molecule has 23 heavy (non-hydrogen) atoms. The second-order valence-corrected chi connectivity index (χ2v) is 5.34. The van der Waals surface area contributed by atoms with E-state index in [4.69, 9.17) is 0 Å². The van der Waals surface area contributed by atoms with Crippen molar-refractivity contribution in [2.24, 2.45) is 0 Å². The smallest absolute Gasteiger partial charge is 0.270 e. The van der Waals surface area contributed by atoms with Gasteiger partial charge in [0.15, 0.2) is 0 Å². The van der Waals surface area contributed by atoms with Gasteiger partial charge in [0.25, 0.3) is 5.91 Å². The van der Waals surface area contributed by atoms with Crippen molar-refractivity contribution in [3.63, 3.8) is 0 Å². The molecule has 0 unspecified atom stereocenters. The highest BCUT2D eigenvalue weighted by atomic mass is 16.2. The molecule has 0 saturated carbocycles. The Bertz CT molecular complexity index is 766. The van der Waals surface area contributed by atoms with Gasteiger partial charge < -0.3 is 9.88 Å². The molecule has 4 heteroatoms. The van der Waals surface area contributed by atoms with E-state index < -0.39 is 0 Å². The SMILES string of the molecule is CCN(Cc1cccc(-c2ccncc2)c1)C(=O)c1ccc[nH]1. The molecule has 0 aliphatic rings. The number of aromatic amines is 1. The molecule has 0 saturated heterocycles. The van der Waals surface area contributed by atoms with Gasteiger partial charge in [-0.2, -0.15) is 0 Å². The molecule has 3 rings (SSSR count). The zero-order valence-corrected chi connectivity index (χ0v) is 13.1. The number of H-pyrrole nitrogens is 1. The number of nitrogens with one attached hydrogen (secondary N) is 1. The van der Waals surface area contributed by atoms with E-state index in [1.807, 2.05) is 36.1 Å². The molecular weight excluding hydrogens is 286 g/mol. The molecule has 0 radical (unpaired) electrons. The van der Waals surface area contributed by atoms with Crippen LogP contribution in [0.1, 0.15) is 23.0 Å². The average Bonchev–Trinajstić information content (AvgIpc) is 3.15. The van der Waals surface area contributed by atoms with Crippen LogP contribution in [0.3, 0.4) is 0 Å². The molecule has 0 spiro atoms. The summed E-state index contributed by atoms with van der Waals surface area (Å²) in [5.74, 6) is 0.0202. The maximum atomic E-state index is 12.5. The van der Waals surface area contributed by atoms with Crippen molar-refractivity contribution < 1.29 is 4.79 Å². The van der Waals surface area contributed by atoms with Gasteiger partial charge in [-0.15, -0.1) is 0 Å². The fourth-order valence-electron chi connectivity index (χ4n) is 2.57. The molecule has 2 aromatic heterocycles. The first kappa shape index (κ1) is 15.0. The van der Waals surface area contributed by atoms with E-state index in [0.717, 1.165) is 16.7 Å². The van der Waals surface area contributed by atoms with Gasteiger partial charge >= 0.3 is 0 Å². The first-order valence-electron chi connectivity index (χ1n) is 7.70. The second kappa shape index (κ2) is 6.92. The van der Waals surface area contributed by atoms with E-state index in [1.54, 1.807) is 24.7 Å². The highest BCUT2D eigenvalue weighted by Crippen LogP contribution is 2.20. The molecule has 1 aromatic carbocycles. The quantitative estimate of drug-likeness (QED) is 0.780. The summed E-state index contributed by atoms with van der Waals surface area (Å²) in [6.45, 7) is 3.25. The summed E-state index contributed by atoms with van der Waals surface area (Å²) in [6, 6.07) is 15.9. The molecule has 1 amide bonds. The Kier molecular flexibility index (Phi) is 4.52. The van der Waals surface area contributed by atoms with Gasteiger partial charge in [0.05, 0.1) is 0 Å². The van der Waals surface area contributed by atoms with Crippen LogP contribution in [0.25, 0.3) is 11.1 Å². The Morgan fingerprint density at radius 2 is 1.91 bits per heavy atom. The maximum absolute atomic E-state index is 12.5. The van der Waals surface area contributed by atoms with Gasteiger partial charge in [-0.05, 0) is 53.9 Å². The minimum Gasteiger partial charge on any atom is -0.357 e. The number of pyridine rings is 1. The number of hydrogen-bond donors (Lipinski definition) is 1. The molecule has 0 aliphatic carbocycles. The average molecular weight is 305 g/mol. The second-order valence-electron chi connectivity index (χ2n) is 5.34. The number of nitrogens with zero attached hydrogens (tertiary/aromatic N) is 2. The normalized spacial score (nSPS) is 10.5. The van der Waals surface area contributed by atoms with E-state index in [9.17, 15) is 4.79 Å². The van der Waals surface area contributed by atoms with Crippen molar-refractivity contribution in [3.8, 4) is 11.1 Å². The molecular formula is C19H19N3O. The van der Waals surface area contributed by atoms with Crippen LogP contribution in [0.2, 0.25) is 0 Å². The lowest BCUT2D eigenvalue weighted by Gasteiger charge is -2.20. The van der Waals surface area contributed by atoms with Crippen molar-refractivity contribution in [2.75, 3.05) is 6.54 Å². The zero-order chi connectivity index (χ0) is 16.1. The maximum Gasteiger partial charge on any atom is 0.270 e. The molecule has 4 nitrogen and oxygen atoms in total. The number of carbonyl (C=O) groups is 1. The van der Waals surface area contributed by atoms with Crippen LogP contribution in [0.4, 0.5) is 0 Å². The Morgan fingerprint density at radius 3 is 2.61 bits per heavy atom. The largest absolute Gasteiger partial charge is 0.357 e. The number of aromatic nitrogens is 2. The van der Waals surface area contributed by atoms with Crippen molar-refractivity contribution in [2.45, 2.75) is 13.5 Å². The van der Waals surface area contributed by atoms with Crippen molar-refractivity contribution in [3.05, 3.63) is 78.4 Å². The van der Waals surface area contributed by atoms with Gasteiger partial charge in [0, 0.05) is 31.7 Å². The van der Waals surface area contributed by atoms with Crippen LogP contribution >= 0.6 is 0 Å². The van der Waals surface area contributed by atoms with Gasteiger partial charge in [-0.3, -0.25) is 9.78 Å². The zero-order valence-electron chi connectivity index (χ0n) is 13.1. The van der Waals surface area contributed by atoms with E-state index in [1.165, 1.54) is 0 Å². The third-order valence-electron chi connectivity index (χ3n) is 3.81. The van der Waals surface area contributed by atoms with Crippen LogP contribution in [-0.4, -0.2) is 27.3 Å². The fourth-order valence-corrected chi connectivity index (χ4v) is 2.57. The lowest BCUT2D eigenvalue weighted by Crippen LogP contribution is -2.30. The third-order valence-corrected chi connectivity index (χ3v) is 3.81. The molecule has 1 N–H and O–H groups in total. The molecule has 2 heterocycles. The van der Waals surface area contributed by atoms with Crippen LogP contribution < -0.4 is 0 Å². The lowest BCUT2D eigenvalue weighted by molar-refractivity contribution is 0.0747. The Labute approximate surface area is 135 Å². The van der Waals surface area contributed by atoms with Gasteiger partial charge in [0.1, 0.15) is 5.69 Å². The van der Waals surface area contributed by atoms with Crippen molar-refractivity contribution >= 4 is 5.91 Å². The molecule has 0 aliphatic heterocycles. The molecule has 3 aromatic rings. The molecule has 0 atom stereocenters. The number of hydrogen-bond acceptors (Lipinski definition) is 2. The topological polar surface area (TPSA) is 49.0 Å². The fraction of sp³-hybridized carbons (Fsp3) is 0.158. The van der Waals surface area contributed by atoms with Crippen LogP contribution in [0.15, 0.2) is 67.1 Å². The van der Waals surface area contributed by atoms with E-state index in [0.29, 0.717) is 18.8 Å². The minimum atomic E-state index is 0.0202. The van der Waals surface area contributed by atoms with Gasteiger partial charge in [-0.25, -0.2) is 0 Å². The first-order valence-corrected chi connectivity index (χ1v) is 7.70. The van der Waals surface area contributed by atoms with E-state index in [-0.39, 0.29) is 5.91 Å². The molecule has 0 bridgehead atoms. The lowest BCUT2D eigenvalue weighted by atomic mass is 10.0. The van der Waals surface area contributed by atoms with Crippen LogP contribution in [-0.2, 0) is 6.54 Å². The van der Waals surface area contributed by atoms with E-state index in [2.05, 4.69) is 28.2 Å². The predicted octanol–water partition coefficient (Wildman–Crippen LogP) is 3.74. The standard InChI is InChI=1S/C19H19N3O/c1-2-22(19(23)18-7-4-10-21-18)14-15-5-3-6-17(13-15)16-8-11-20-12-9-16/h3-13,21H,2,14H2,1H3. The summed E-state index contributed by atoms with van der Waals surface area (Å²) in [7, 11) is 0. The molecule has 0 fully saturated rings. The number of carbonyl (C=O) groups excluding carboxylic acids is 1. The summed E-state index contributed by atoms with van der Waals surface area (Å²) in [5.41, 5.74) is 3.99. The minimum absolute atomic E-state index is 0.0202. The summed E-state index contributed by atoms with van der Waals surface area (Å²) >= 11 is 0. The Hall–Kier alpha value is -2.88. The summed E-state index contributed by atoms with van der Waals surface area (Å²) in [5, 5.41) is 0. The highest BCUT2D eigenvalue weighted by molar-refractivity contribution is 5.92. The number of amides is 1. The van der Waals surface area contributed by atoms with Gasteiger partial charge in [-0.1, -0.05) is 18.2 Å². The first-order chi connectivity index (χ1) is 11.3. The predicted molar refractivity (Wildman–Crippen MR) is 90.9 cm³/mol. The summed E-state index contributed by atoms with van der Waals surface area (Å²) in [6.07, 6.45) is 5.34. The Morgan fingerprint density at radius 1 is 1.09 bits per heavy atom. The third kappa shape index (κ3) is 3.48. The monoisotopic (exact) mass is 305 g/mol. The number of benzene rings is 1. The van der Waals surface area contributed by atoms with Crippen molar-refractivity contribution in [1.82, 2.24) is 14.9 Å².